The number of Topliss-reactive ketones (excluding diaryl/α,β-unsaturated/α-hetero) is 1. The van der Waals surface area contributed by atoms with Crippen molar-refractivity contribution in [3.8, 4) is 0 Å². The summed E-state index contributed by atoms with van der Waals surface area (Å²) in [5.41, 5.74) is 1.48. The molecule has 4 aliphatic rings. The van der Waals surface area contributed by atoms with Gasteiger partial charge < -0.3 is 0 Å². The van der Waals surface area contributed by atoms with Crippen molar-refractivity contribution in [1.82, 2.24) is 0 Å². The molecule has 0 aromatic heterocycles. The second-order valence-corrected chi connectivity index (χ2v) is 8.42. The molecule has 4 aliphatic carbocycles. The zero-order valence-corrected chi connectivity index (χ0v) is 12.5. The van der Waals surface area contributed by atoms with E-state index in [9.17, 15) is 4.79 Å². The molecule has 0 aromatic rings. The van der Waals surface area contributed by atoms with Gasteiger partial charge in [-0.2, -0.15) is 0 Å². The first-order valence-corrected chi connectivity index (χ1v) is 7.80. The maximum absolute atomic E-state index is 12.0. The quantitative estimate of drug-likeness (QED) is 0.663. The molecule has 0 saturated heterocycles. The largest absolute Gasteiger partial charge is 0.300 e. The van der Waals surface area contributed by atoms with Crippen LogP contribution in [-0.2, 0) is 4.79 Å². The van der Waals surface area contributed by atoms with Crippen molar-refractivity contribution in [3.05, 3.63) is 0 Å². The molecule has 0 radical (unpaired) electrons. The molecule has 1 heteroatoms. The van der Waals surface area contributed by atoms with E-state index in [2.05, 4.69) is 20.8 Å². The van der Waals surface area contributed by atoms with Crippen LogP contribution < -0.4 is 0 Å². The molecule has 4 fully saturated rings. The van der Waals surface area contributed by atoms with Gasteiger partial charge in [-0.05, 0) is 74.0 Å². The van der Waals surface area contributed by atoms with E-state index >= 15 is 0 Å². The summed E-state index contributed by atoms with van der Waals surface area (Å²) in [6, 6.07) is 0. The summed E-state index contributed by atoms with van der Waals surface area (Å²) in [7, 11) is 0. The van der Waals surface area contributed by atoms with E-state index < -0.39 is 0 Å². The molecule has 0 amide bonds. The van der Waals surface area contributed by atoms with Gasteiger partial charge in [0.15, 0.2) is 0 Å². The van der Waals surface area contributed by atoms with Crippen molar-refractivity contribution in [1.29, 1.82) is 0 Å². The van der Waals surface area contributed by atoms with Gasteiger partial charge in [-0.15, -0.1) is 0 Å². The summed E-state index contributed by atoms with van der Waals surface area (Å²) < 4.78 is 0. The summed E-state index contributed by atoms with van der Waals surface area (Å²) >= 11 is 0. The molecule has 0 heterocycles. The van der Waals surface area contributed by atoms with Crippen LogP contribution in [0.5, 0.6) is 0 Å². The van der Waals surface area contributed by atoms with Crippen molar-refractivity contribution < 1.29 is 4.79 Å². The number of hydrogen-bond acceptors (Lipinski definition) is 1. The Balaban J connectivity index is 2.02. The van der Waals surface area contributed by atoms with E-state index in [1.807, 2.05) is 6.92 Å². The molecule has 2 bridgehead atoms. The zero-order valence-electron chi connectivity index (χ0n) is 12.5. The van der Waals surface area contributed by atoms with Crippen LogP contribution in [0.15, 0.2) is 0 Å². The highest BCUT2D eigenvalue weighted by molar-refractivity contribution is 5.79. The number of hydrogen-bond donors (Lipinski definition) is 0. The van der Waals surface area contributed by atoms with Gasteiger partial charge in [-0.3, -0.25) is 4.79 Å². The maximum atomic E-state index is 12.0. The highest BCUT2D eigenvalue weighted by Crippen LogP contribution is 2.70. The first-order valence-electron chi connectivity index (χ1n) is 7.80. The van der Waals surface area contributed by atoms with Crippen molar-refractivity contribution in [2.45, 2.75) is 72.6 Å². The Morgan fingerprint density at radius 1 is 1.00 bits per heavy atom. The average molecular weight is 248 g/mol. The molecule has 0 N–H and O–H groups in total. The van der Waals surface area contributed by atoms with Gasteiger partial charge in [0.1, 0.15) is 5.78 Å². The molecule has 0 aromatic carbocycles. The van der Waals surface area contributed by atoms with E-state index in [1.54, 1.807) is 0 Å². The minimum atomic E-state index is 0.373. The first kappa shape index (κ1) is 12.7. The van der Waals surface area contributed by atoms with E-state index in [0.29, 0.717) is 33.9 Å². The number of rotatable bonds is 1. The summed E-state index contributed by atoms with van der Waals surface area (Å²) in [6.45, 7) is 9.25. The lowest BCUT2D eigenvalue weighted by molar-refractivity contribution is -0.178. The van der Waals surface area contributed by atoms with Crippen LogP contribution >= 0.6 is 0 Å². The van der Waals surface area contributed by atoms with Crippen molar-refractivity contribution in [3.63, 3.8) is 0 Å². The Morgan fingerprint density at radius 2 is 1.61 bits per heavy atom. The Labute approximate surface area is 112 Å². The summed E-state index contributed by atoms with van der Waals surface area (Å²) in [5, 5.41) is 0. The second kappa shape index (κ2) is 3.61. The molecular weight excluding hydrogens is 220 g/mol. The number of ketones is 1. The molecule has 4 rings (SSSR count). The van der Waals surface area contributed by atoms with Gasteiger partial charge in [-0.1, -0.05) is 20.8 Å². The van der Waals surface area contributed by atoms with Gasteiger partial charge >= 0.3 is 0 Å². The first-order chi connectivity index (χ1) is 8.30. The topological polar surface area (TPSA) is 17.1 Å². The fourth-order valence-corrected chi connectivity index (χ4v) is 5.76. The molecule has 18 heavy (non-hydrogen) atoms. The molecule has 1 nitrogen and oxygen atoms in total. The standard InChI is InChI=1S/C17H28O/c1-12(18)13-5-6-15(2,3)17-9-7-16(4,8-10-17)11-14(13)17/h13-14H,5-11H2,1-4H3. The van der Waals surface area contributed by atoms with Crippen molar-refractivity contribution >= 4 is 5.78 Å². The van der Waals surface area contributed by atoms with Crippen LogP contribution in [-0.4, -0.2) is 5.78 Å². The monoisotopic (exact) mass is 248 g/mol. The lowest BCUT2D eigenvalue weighted by Crippen LogP contribution is -2.59. The van der Waals surface area contributed by atoms with E-state index in [1.165, 1.54) is 38.5 Å². The Morgan fingerprint density at radius 3 is 2.17 bits per heavy atom. The number of carbonyl (C=O) groups is 1. The molecule has 0 aliphatic heterocycles. The van der Waals surface area contributed by atoms with Gasteiger partial charge in [0.2, 0.25) is 0 Å². The lowest BCUT2D eigenvalue weighted by Gasteiger charge is -2.67. The fraction of sp³-hybridized carbons (Fsp3) is 0.941. The van der Waals surface area contributed by atoms with E-state index in [4.69, 9.17) is 0 Å². The van der Waals surface area contributed by atoms with Crippen LogP contribution in [0.1, 0.15) is 72.6 Å². The third-order valence-corrected chi connectivity index (χ3v) is 7.21. The maximum Gasteiger partial charge on any atom is 0.133 e. The molecule has 102 valence electrons. The van der Waals surface area contributed by atoms with E-state index in [-0.39, 0.29) is 0 Å². The molecular formula is C17H28O. The summed E-state index contributed by atoms with van der Waals surface area (Å²) in [4.78, 5) is 12.0. The Bertz CT molecular complexity index is 371. The third kappa shape index (κ3) is 1.48. The minimum Gasteiger partial charge on any atom is -0.300 e. The summed E-state index contributed by atoms with van der Waals surface area (Å²) in [6.07, 6.45) is 9.28. The van der Waals surface area contributed by atoms with Gasteiger partial charge in [0.05, 0.1) is 0 Å². The average Bonchev–Trinajstić information content (AvgIpc) is 2.28. The van der Waals surface area contributed by atoms with E-state index in [0.717, 1.165) is 6.42 Å². The minimum absolute atomic E-state index is 0.373. The Kier molecular flexibility index (Phi) is 2.55. The molecule has 1 spiro atoms. The molecule has 2 atom stereocenters. The highest BCUT2D eigenvalue weighted by atomic mass is 16.1. The van der Waals surface area contributed by atoms with Gasteiger partial charge in [0, 0.05) is 5.92 Å². The third-order valence-electron chi connectivity index (χ3n) is 7.21. The number of fused-ring (bicyclic) bond motifs is 2. The Hall–Kier alpha value is -0.330. The predicted molar refractivity (Wildman–Crippen MR) is 74.3 cm³/mol. The lowest BCUT2D eigenvalue weighted by atomic mass is 9.38. The SMILES string of the molecule is CC(=O)C1CCC(C)(C)C23CCC(C)(CC2)CC13. The van der Waals surface area contributed by atoms with Gasteiger partial charge in [-0.25, -0.2) is 0 Å². The fourth-order valence-electron chi connectivity index (χ4n) is 5.76. The summed E-state index contributed by atoms with van der Waals surface area (Å²) in [5.74, 6) is 1.52. The van der Waals surface area contributed by atoms with Crippen LogP contribution in [0, 0.1) is 28.1 Å². The second-order valence-electron chi connectivity index (χ2n) is 8.42. The van der Waals surface area contributed by atoms with Crippen LogP contribution in [0.2, 0.25) is 0 Å². The highest BCUT2D eigenvalue weighted by Gasteiger charge is 2.62. The van der Waals surface area contributed by atoms with Crippen molar-refractivity contribution in [2.24, 2.45) is 28.1 Å². The van der Waals surface area contributed by atoms with Gasteiger partial charge in [0.25, 0.3) is 0 Å². The molecule has 4 saturated carbocycles. The number of carbonyl (C=O) groups excluding carboxylic acids is 1. The normalized spacial score (nSPS) is 49.8. The smallest absolute Gasteiger partial charge is 0.133 e. The van der Waals surface area contributed by atoms with Crippen LogP contribution in [0.25, 0.3) is 0 Å². The predicted octanol–water partition coefficient (Wildman–Crippen LogP) is 4.60. The van der Waals surface area contributed by atoms with Crippen LogP contribution in [0.3, 0.4) is 0 Å². The van der Waals surface area contributed by atoms with Crippen LogP contribution in [0.4, 0.5) is 0 Å². The molecule has 2 unspecified atom stereocenters. The van der Waals surface area contributed by atoms with Crippen molar-refractivity contribution in [2.75, 3.05) is 0 Å². The zero-order chi connectivity index (χ0) is 13.2.